The van der Waals surface area contributed by atoms with Gasteiger partial charge in [-0.3, -0.25) is 0 Å². The number of rotatable bonds is 0. The van der Waals surface area contributed by atoms with E-state index in [1.165, 1.54) is 4.46 Å². The highest BCUT2D eigenvalue weighted by atomic mass is 31.1. The highest BCUT2D eigenvalue weighted by Gasteiger charge is 2.29. The summed E-state index contributed by atoms with van der Waals surface area (Å²) >= 11 is 0. The summed E-state index contributed by atoms with van der Waals surface area (Å²) in [6, 6.07) is 0. The predicted octanol–water partition coefficient (Wildman–Crippen LogP) is 0.379. The van der Waals surface area contributed by atoms with Crippen molar-refractivity contribution in [2.45, 2.75) is 13.8 Å². The molecule has 3 nitrogen and oxygen atoms in total. The van der Waals surface area contributed by atoms with Crippen LogP contribution in [0, 0.1) is 5.41 Å². The zero-order valence-corrected chi connectivity index (χ0v) is 6.64. The van der Waals surface area contributed by atoms with Gasteiger partial charge in [0.25, 0.3) is 0 Å². The van der Waals surface area contributed by atoms with Gasteiger partial charge < -0.3 is 5.26 Å². The minimum Gasteiger partial charge on any atom is -0.486 e. The quantitative estimate of drug-likeness (QED) is 0.284. The minimum absolute atomic E-state index is 0.187. The van der Waals surface area contributed by atoms with Gasteiger partial charge in [-0.25, -0.2) is 4.46 Å². The van der Waals surface area contributed by atoms with E-state index in [1.54, 1.807) is 0 Å². The fourth-order valence-electron chi connectivity index (χ4n) is 0.560. The molecule has 0 spiro atoms. The van der Waals surface area contributed by atoms with E-state index in [1.807, 2.05) is 0 Å². The Bertz CT molecular complexity index is 94.4. The lowest BCUT2D eigenvalue weighted by Gasteiger charge is -2.30. The minimum atomic E-state index is 0.187. The third-order valence-corrected chi connectivity index (χ3v) is 2.68. The van der Waals surface area contributed by atoms with Gasteiger partial charge in [0, 0.05) is 11.6 Å². The van der Waals surface area contributed by atoms with E-state index >= 15 is 0 Å². The van der Waals surface area contributed by atoms with Crippen LogP contribution < -0.4 is 5.26 Å². The second kappa shape index (κ2) is 2.51. The van der Waals surface area contributed by atoms with Crippen molar-refractivity contribution in [3.8, 4) is 0 Å². The van der Waals surface area contributed by atoms with E-state index in [4.69, 9.17) is 4.89 Å². The summed E-state index contributed by atoms with van der Waals surface area (Å²) in [5.41, 5.74) is 0.187. The van der Waals surface area contributed by atoms with Crippen molar-refractivity contribution < 1.29 is 14.6 Å². The van der Waals surface area contributed by atoms with E-state index in [2.05, 4.69) is 13.8 Å². The van der Waals surface area contributed by atoms with Crippen molar-refractivity contribution in [2.24, 2.45) is 5.41 Å². The first-order chi connectivity index (χ1) is 4.10. The maximum Gasteiger partial charge on any atom is 0.237 e. The molecular formula is C5H11O3P. The van der Waals surface area contributed by atoms with Crippen molar-refractivity contribution in [2.75, 3.05) is 12.8 Å². The van der Waals surface area contributed by atoms with Gasteiger partial charge in [-0.15, -0.1) is 4.89 Å². The fraction of sp³-hybridized carbons (Fsp3) is 1.00. The first-order valence-electron chi connectivity index (χ1n) is 2.89. The molecule has 0 N–H and O–H groups in total. The number of hydrogen-bond acceptors (Lipinski definition) is 2. The largest absolute Gasteiger partial charge is 0.486 e. The van der Waals surface area contributed by atoms with Gasteiger partial charge in [0.2, 0.25) is 8.81 Å². The van der Waals surface area contributed by atoms with Crippen molar-refractivity contribution >= 4 is 8.81 Å². The van der Waals surface area contributed by atoms with E-state index < -0.39 is 0 Å². The van der Waals surface area contributed by atoms with Crippen LogP contribution >= 0.6 is 8.81 Å². The van der Waals surface area contributed by atoms with Gasteiger partial charge in [-0.05, 0) is 0 Å². The van der Waals surface area contributed by atoms with E-state index in [9.17, 15) is 5.26 Å². The molecular weight excluding hydrogens is 139 g/mol. The van der Waals surface area contributed by atoms with Crippen LogP contribution in [0.3, 0.4) is 0 Å². The SMILES string of the molecule is CC1(C)CO[O+]([O-])PC1. The molecule has 1 fully saturated rings. The summed E-state index contributed by atoms with van der Waals surface area (Å²) in [4.78, 5) is 4.70. The molecule has 1 saturated heterocycles. The van der Waals surface area contributed by atoms with Crippen LogP contribution in [-0.2, 0) is 9.34 Å². The molecule has 0 saturated carbocycles. The van der Waals surface area contributed by atoms with Crippen LogP contribution in [0.25, 0.3) is 0 Å². The normalized spacial score (nSPS) is 31.0. The predicted molar refractivity (Wildman–Crippen MR) is 34.0 cm³/mol. The molecule has 1 atom stereocenters. The first kappa shape index (κ1) is 7.42. The van der Waals surface area contributed by atoms with Gasteiger partial charge >= 0.3 is 0 Å². The summed E-state index contributed by atoms with van der Waals surface area (Å²) in [6.07, 6.45) is 0.918. The monoisotopic (exact) mass is 150 g/mol. The molecule has 54 valence electrons. The Morgan fingerprint density at radius 2 is 2.33 bits per heavy atom. The Balaban J connectivity index is 2.35. The summed E-state index contributed by atoms with van der Waals surface area (Å²) in [5.74, 6) is 0. The van der Waals surface area contributed by atoms with Crippen molar-refractivity contribution in [3.63, 3.8) is 0 Å². The highest BCUT2D eigenvalue weighted by Crippen LogP contribution is 2.35. The molecule has 0 aliphatic carbocycles. The van der Waals surface area contributed by atoms with Crippen LogP contribution in [-0.4, -0.2) is 12.8 Å². The Kier molecular flexibility index (Phi) is 2.07. The molecule has 1 aliphatic rings. The average molecular weight is 150 g/mol. The van der Waals surface area contributed by atoms with E-state index in [0.717, 1.165) is 6.16 Å². The third kappa shape index (κ3) is 2.18. The fourth-order valence-corrected chi connectivity index (χ4v) is 1.31. The van der Waals surface area contributed by atoms with Crippen LogP contribution in [0.5, 0.6) is 0 Å². The first-order valence-corrected chi connectivity index (χ1v) is 4.00. The highest BCUT2D eigenvalue weighted by molar-refractivity contribution is 7.32. The Morgan fingerprint density at radius 3 is 2.67 bits per heavy atom. The van der Waals surface area contributed by atoms with Gasteiger partial charge in [-0.2, -0.15) is 0 Å². The molecule has 0 aromatic rings. The topological polar surface area (TPSA) is 35.0 Å². The molecule has 0 radical (unpaired) electrons. The molecule has 0 amide bonds. The van der Waals surface area contributed by atoms with Gasteiger partial charge in [-0.1, -0.05) is 13.8 Å². The van der Waals surface area contributed by atoms with Crippen LogP contribution in [0.15, 0.2) is 0 Å². The van der Waals surface area contributed by atoms with Crippen molar-refractivity contribution in [1.29, 1.82) is 0 Å². The Morgan fingerprint density at radius 1 is 1.67 bits per heavy atom. The summed E-state index contributed by atoms with van der Waals surface area (Å²) in [5, 5.41) is 10.4. The lowest BCUT2D eigenvalue weighted by Crippen LogP contribution is -2.34. The molecule has 0 bridgehead atoms. The summed E-state index contributed by atoms with van der Waals surface area (Å²) < 4.78 is 1.39. The van der Waals surface area contributed by atoms with E-state index in [0.29, 0.717) is 6.61 Å². The lowest BCUT2D eigenvalue weighted by atomic mass is 9.98. The Hall–Kier alpha value is 0.310. The zero-order valence-electron chi connectivity index (χ0n) is 5.64. The second-order valence-corrected chi connectivity index (χ2v) is 3.96. The Labute approximate surface area is 56.4 Å². The van der Waals surface area contributed by atoms with Crippen LogP contribution in [0.2, 0.25) is 0 Å². The van der Waals surface area contributed by atoms with Gasteiger partial charge in [0.1, 0.15) is 6.61 Å². The van der Waals surface area contributed by atoms with Gasteiger partial charge in [0.05, 0.1) is 0 Å². The molecule has 1 unspecified atom stereocenters. The molecule has 0 aromatic carbocycles. The number of hydrogen-bond donors (Lipinski definition) is 0. The van der Waals surface area contributed by atoms with Crippen LogP contribution in [0.1, 0.15) is 13.8 Å². The summed E-state index contributed by atoms with van der Waals surface area (Å²) in [7, 11) is 0.199. The van der Waals surface area contributed by atoms with Crippen LogP contribution in [0.4, 0.5) is 0 Å². The maximum atomic E-state index is 10.4. The maximum absolute atomic E-state index is 10.4. The molecule has 0 aromatic heterocycles. The van der Waals surface area contributed by atoms with E-state index in [-0.39, 0.29) is 14.2 Å². The second-order valence-electron chi connectivity index (χ2n) is 2.98. The molecule has 4 heteroatoms. The lowest BCUT2D eigenvalue weighted by molar-refractivity contribution is -0.849. The third-order valence-electron chi connectivity index (χ3n) is 1.23. The molecule has 1 rings (SSSR count). The van der Waals surface area contributed by atoms with Gasteiger partial charge in [0.15, 0.2) is 0 Å². The smallest absolute Gasteiger partial charge is 0.237 e. The molecule has 1 heterocycles. The van der Waals surface area contributed by atoms with Crippen molar-refractivity contribution in [3.05, 3.63) is 0 Å². The standard InChI is InChI=1S/C5H11O3P/c1-5(2)3-7-8(6)9-4-5/h9H,3-4H2,1-2H3. The average Bonchev–Trinajstić information content (AvgIpc) is 1.78. The molecule has 1 aliphatic heterocycles. The molecule has 9 heavy (non-hydrogen) atoms. The summed E-state index contributed by atoms with van der Waals surface area (Å²) in [6.45, 7) is 4.70. The zero-order chi connectivity index (χ0) is 6.91. The van der Waals surface area contributed by atoms with Crippen molar-refractivity contribution in [1.82, 2.24) is 0 Å².